The molecule has 2 saturated carbocycles. The van der Waals surface area contributed by atoms with Gasteiger partial charge in [0.15, 0.2) is 0 Å². The molecule has 0 bridgehead atoms. The molecule has 4 rings (SSSR count). The predicted molar refractivity (Wildman–Crippen MR) is 162 cm³/mol. The van der Waals surface area contributed by atoms with Crippen LogP contribution in [0.1, 0.15) is 115 Å². The first-order valence-corrected chi connectivity index (χ1v) is 14.0. The zero-order valence-corrected chi connectivity index (χ0v) is 29.4. The second-order valence-electron chi connectivity index (χ2n) is 12.7. The van der Waals surface area contributed by atoms with Crippen LogP contribution in [0.25, 0.3) is 12.2 Å². The van der Waals surface area contributed by atoms with E-state index in [0.29, 0.717) is 11.5 Å². The van der Waals surface area contributed by atoms with Gasteiger partial charge in [0, 0.05) is 22.6 Å². The summed E-state index contributed by atoms with van der Waals surface area (Å²) in [5.41, 5.74) is 7.08. The number of hydrogen-bond donors (Lipinski definition) is 4. The van der Waals surface area contributed by atoms with Crippen molar-refractivity contribution >= 4 is 23.6 Å². The van der Waals surface area contributed by atoms with E-state index in [2.05, 4.69) is 41.5 Å². The minimum absolute atomic E-state index is 0. The summed E-state index contributed by atoms with van der Waals surface area (Å²) in [6.07, 6.45) is 12.2. The first kappa shape index (κ1) is 39.3. The molecular weight excluding hydrogens is 631 g/mol. The van der Waals surface area contributed by atoms with Gasteiger partial charge in [-0.3, -0.25) is 0 Å². The molecule has 2 aromatic rings. The molecule has 4 nitrogen and oxygen atoms in total. The average Bonchev–Trinajstić information content (AvgIpc) is 2.83. The number of benzene rings is 2. The molecule has 0 radical (unpaired) electrons. The van der Waals surface area contributed by atoms with Gasteiger partial charge >= 0.3 is 26.2 Å². The van der Waals surface area contributed by atoms with Crippen molar-refractivity contribution in [3.05, 3.63) is 69.8 Å². The second-order valence-corrected chi connectivity index (χ2v) is 12.7. The maximum atomic E-state index is 10.4. The third-order valence-corrected chi connectivity index (χ3v) is 7.43. The van der Waals surface area contributed by atoms with Crippen molar-refractivity contribution in [1.29, 1.82) is 10.8 Å². The van der Waals surface area contributed by atoms with Crippen LogP contribution < -0.4 is 24.8 Å². The number of nitrogens with one attached hydrogen (secondary N) is 2. The minimum atomic E-state index is -0.0708. The number of para-hydroxylation sites is 2. The van der Waals surface area contributed by atoms with Crippen LogP contribution in [0, 0.1) is 10.8 Å². The Balaban J connectivity index is 0.000000727. The van der Waals surface area contributed by atoms with Gasteiger partial charge in [-0.05, 0) is 96.6 Å². The van der Waals surface area contributed by atoms with Crippen molar-refractivity contribution in [3.8, 4) is 11.5 Å². The standard InChI is InChI=1S/2C17H23NO.2ClH.Zr/c2*1-17(2,3)14-9-6-8-13(16(14)19)11-12-7-4-5-10-15(12)18;;;/h2*6,8-9,11,18-19H,4-5,7,10H2,1-3H3;2*1H;/q;;;;+2/p-2. The van der Waals surface area contributed by atoms with Crippen molar-refractivity contribution in [3.63, 3.8) is 0 Å². The predicted octanol–water partition coefficient (Wildman–Crippen LogP) is 3.34. The molecule has 7 heteroatoms. The van der Waals surface area contributed by atoms with Gasteiger partial charge in [0.1, 0.15) is 11.5 Å². The van der Waals surface area contributed by atoms with Gasteiger partial charge in [0.05, 0.1) is 0 Å². The molecule has 0 spiro atoms. The summed E-state index contributed by atoms with van der Waals surface area (Å²) in [6.45, 7) is 12.6. The fourth-order valence-electron chi connectivity index (χ4n) is 5.12. The molecule has 0 saturated heterocycles. The Kier molecular flexibility index (Phi) is 16.1. The van der Waals surface area contributed by atoms with Crippen LogP contribution in [-0.4, -0.2) is 21.6 Å². The number of aromatic hydroxyl groups is 2. The molecule has 0 aliphatic heterocycles. The fourth-order valence-corrected chi connectivity index (χ4v) is 5.12. The zero-order valence-electron chi connectivity index (χ0n) is 25.4. The Hall–Kier alpha value is -1.68. The first-order chi connectivity index (χ1) is 17.8. The molecule has 2 fully saturated rings. The van der Waals surface area contributed by atoms with Gasteiger partial charge < -0.3 is 45.8 Å². The Labute approximate surface area is 279 Å². The van der Waals surface area contributed by atoms with Gasteiger partial charge in [-0.15, -0.1) is 0 Å². The van der Waals surface area contributed by atoms with E-state index in [-0.39, 0.29) is 61.8 Å². The number of allylic oxidation sites excluding steroid dienone is 2. The van der Waals surface area contributed by atoms with E-state index in [0.717, 1.165) is 96.2 Å². The number of rotatable bonds is 2. The monoisotopic (exact) mass is 674 g/mol. The zero-order chi connectivity index (χ0) is 28.1. The summed E-state index contributed by atoms with van der Waals surface area (Å²) in [5.74, 6) is 0.724. The molecule has 0 amide bonds. The van der Waals surface area contributed by atoms with Gasteiger partial charge in [0.25, 0.3) is 0 Å². The summed E-state index contributed by atoms with van der Waals surface area (Å²) in [7, 11) is 0. The summed E-state index contributed by atoms with van der Waals surface area (Å²) in [4.78, 5) is 0. The molecule has 2 aliphatic carbocycles. The molecule has 2 aromatic carbocycles. The minimum Gasteiger partial charge on any atom is -1.00 e. The van der Waals surface area contributed by atoms with Gasteiger partial charge in [-0.25, -0.2) is 0 Å². The Bertz CT molecular complexity index is 1160. The van der Waals surface area contributed by atoms with Gasteiger partial charge in [-0.1, -0.05) is 77.9 Å². The first-order valence-electron chi connectivity index (χ1n) is 14.0. The molecule has 0 heterocycles. The summed E-state index contributed by atoms with van der Waals surface area (Å²) in [6, 6.07) is 11.8. The number of hydrogen-bond acceptors (Lipinski definition) is 4. The average molecular weight is 677 g/mol. The van der Waals surface area contributed by atoms with Gasteiger partial charge in [-0.2, -0.15) is 0 Å². The maximum absolute atomic E-state index is 10.4. The summed E-state index contributed by atoms with van der Waals surface area (Å²) < 4.78 is 0. The smallest absolute Gasteiger partial charge is 1.00 e. The van der Waals surface area contributed by atoms with Crippen molar-refractivity contribution in [2.24, 2.45) is 0 Å². The van der Waals surface area contributed by atoms with Crippen LogP contribution in [0.15, 0.2) is 47.5 Å². The molecule has 41 heavy (non-hydrogen) atoms. The topological polar surface area (TPSA) is 88.2 Å². The molecule has 4 N–H and O–H groups in total. The van der Waals surface area contributed by atoms with E-state index in [1.165, 1.54) is 0 Å². The SMILES string of the molecule is CC(C)(C)c1cccc(C=C2CCCCC2=N)c1O.CC(C)(C)c1cccc(C=C2CCCCC2=N)c1O.[Cl-].[Cl-].[Zr+2]. The number of phenolic OH excluding ortho intramolecular Hbond substituents is 2. The third kappa shape index (κ3) is 10.8. The van der Waals surface area contributed by atoms with Crippen molar-refractivity contribution in [2.75, 3.05) is 0 Å². The largest absolute Gasteiger partial charge is 2.00 e. The van der Waals surface area contributed by atoms with E-state index >= 15 is 0 Å². The van der Waals surface area contributed by atoms with Crippen molar-refractivity contribution in [2.45, 2.75) is 104 Å². The molecule has 0 atom stereocenters. The number of halogens is 2. The van der Waals surface area contributed by atoms with Crippen LogP contribution in [-0.2, 0) is 37.0 Å². The maximum Gasteiger partial charge on any atom is 2.00 e. The van der Waals surface area contributed by atoms with Crippen molar-refractivity contribution in [1.82, 2.24) is 0 Å². The number of phenols is 2. The van der Waals surface area contributed by atoms with Crippen molar-refractivity contribution < 1.29 is 61.2 Å². The van der Waals surface area contributed by atoms with Crippen LogP contribution in [0.2, 0.25) is 0 Å². The molecule has 0 unspecified atom stereocenters. The van der Waals surface area contributed by atoms with Crippen LogP contribution in [0.3, 0.4) is 0 Å². The van der Waals surface area contributed by atoms with Gasteiger partial charge in [0.2, 0.25) is 0 Å². The third-order valence-electron chi connectivity index (χ3n) is 7.43. The van der Waals surface area contributed by atoms with Crippen LogP contribution in [0.5, 0.6) is 11.5 Å². The molecule has 0 aromatic heterocycles. The molecular formula is C34H46Cl2N2O2Zr. The van der Waals surface area contributed by atoms with Crippen LogP contribution >= 0.6 is 0 Å². The van der Waals surface area contributed by atoms with E-state index in [1.54, 1.807) is 0 Å². The van der Waals surface area contributed by atoms with E-state index in [4.69, 9.17) is 10.8 Å². The Morgan fingerprint density at radius 1 is 0.585 bits per heavy atom. The quantitative estimate of drug-likeness (QED) is 0.394. The molecule has 222 valence electrons. The second kappa shape index (κ2) is 16.8. The normalized spacial score (nSPS) is 17.5. The van der Waals surface area contributed by atoms with Crippen LogP contribution in [0.4, 0.5) is 0 Å². The fraction of sp³-hybridized carbons (Fsp3) is 0.471. The Morgan fingerprint density at radius 2 is 0.902 bits per heavy atom. The van der Waals surface area contributed by atoms with E-state index in [9.17, 15) is 10.2 Å². The Morgan fingerprint density at radius 3 is 1.20 bits per heavy atom. The molecule has 2 aliphatic rings. The van der Waals surface area contributed by atoms with E-state index < -0.39 is 0 Å². The van der Waals surface area contributed by atoms with E-state index in [1.807, 2.05) is 48.6 Å². The summed E-state index contributed by atoms with van der Waals surface area (Å²) >= 11 is 0. The summed E-state index contributed by atoms with van der Waals surface area (Å²) in [5, 5.41) is 36.8.